The number of fused-ring (bicyclic) bond motifs is 1. The number of amides is 1. The van der Waals surface area contributed by atoms with Gasteiger partial charge >= 0.3 is 5.97 Å². The van der Waals surface area contributed by atoms with Gasteiger partial charge in [0.25, 0.3) is 5.91 Å². The Morgan fingerprint density at radius 3 is 2.81 bits per heavy atom. The maximum absolute atomic E-state index is 12.6. The van der Waals surface area contributed by atoms with Crippen LogP contribution in [-0.4, -0.2) is 35.7 Å². The smallest absolute Gasteiger partial charge is 0.336 e. The average Bonchev–Trinajstić information content (AvgIpc) is 2.91. The summed E-state index contributed by atoms with van der Waals surface area (Å²) in [6.45, 7) is 2.60. The molecule has 2 aliphatic heterocycles. The first-order valence-corrected chi connectivity index (χ1v) is 7.40. The van der Waals surface area contributed by atoms with E-state index < -0.39 is 5.97 Å². The van der Waals surface area contributed by atoms with Crippen molar-refractivity contribution in [2.24, 2.45) is 0 Å². The molecule has 3 rings (SSSR count). The highest BCUT2D eigenvalue weighted by Gasteiger charge is 2.34. The van der Waals surface area contributed by atoms with Gasteiger partial charge in [-0.05, 0) is 50.3 Å². The number of aromatic carboxylic acids is 1. The molecule has 21 heavy (non-hydrogen) atoms. The molecule has 2 aliphatic rings. The van der Waals surface area contributed by atoms with E-state index in [1.807, 2.05) is 13.0 Å². The normalized spacial score (nSPS) is 24.7. The lowest BCUT2D eigenvalue weighted by molar-refractivity contribution is -0.129. The first kappa shape index (κ1) is 14.1. The summed E-state index contributed by atoms with van der Waals surface area (Å²) in [6.07, 6.45) is 2.85. The van der Waals surface area contributed by atoms with Crippen LogP contribution >= 0.6 is 0 Å². The van der Waals surface area contributed by atoms with Gasteiger partial charge < -0.3 is 14.7 Å². The second-order valence-corrected chi connectivity index (χ2v) is 5.71. The molecule has 1 aromatic carbocycles. The Labute approximate surface area is 123 Å². The Morgan fingerprint density at radius 2 is 2.14 bits per heavy atom. The number of hydrogen-bond acceptors (Lipinski definition) is 3. The summed E-state index contributed by atoms with van der Waals surface area (Å²) in [4.78, 5) is 25.7. The predicted molar refractivity (Wildman–Crippen MR) is 77.6 cm³/mol. The standard InChI is InChI=1S/C16H19NO4/c1-10-7-8-14(21-10)15(18)17-9-3-5-11-12(16(19)20)4-2-6-13(11)17/h2,4,6,10,14H,3,5,7-9H2,1H3,(H,19,20). The Hall–Kier alpha value is -1.88. The third kappa shape index (κ3) is 2.53. The Kier molecular flexibility index (Phi) is 3.68. The molecule has 0 aliphatic carbocycles. The number of carboxylic acid groups (broad SMARTS) is 1. The molecular formula is C16H19NO4. The van der Waals surface area contributed by atoms with E-state index in [-0.39, 0.29) is 18.1 Å². The van der Waals surface area contributed by atoms with Gasteiger partial charge in [-0.3, -0.25) is 4.79 Å². The van der Waals surface area contributed by atoms with Gasteiger partial charge in [0.2, 0.25) is 0 Å². The van der Waals surface area contributed by atoms with Gasteiger partial charge in [0.05, 0.1) is 11.7 Å². The largest absolute Gasteiger partial charge is 0.478 e. The van der Waals surface area contributed by atoms with Crippen LogP contribution in [0.25, 0.3) is 0 Å². The van der Waals surface area contributed by atoms with Crippen molar-refractivity contribution in [1.29, 1.82) is 0 Å². The minimum atomic E-state index is -0.938. The van der Waals surface area contributed by atoms with Crippen LogP contribution in [0.2, 0.25) is 0 Å². The maximum atomic E-state index is 12.6. The van der Waals surface area contributed by atoms with Crippen molar-refractivity contribution in [1.82, 2.24) is 0 Å². The van der Waals surface area contributed by atoms with Crippen molar-refractivity contribution in [2.75, 3.05) is 11.4 Å². The quantitative estimate of drug-likeness (QED) is 0.906. The maximum Gasteiger partial charge on any atom is 0.336 e. The minimum absolute atomic E-state index is 0.0390. The van der Waals surface area contributed by atoms with Crippen LogP contribution in [0.5, 0.6) is 0 Å². The Morgan fingerprint density at radius 1 is 1.33 bits per heavy atom. The van der Waals surface area contributed by atoms with E-state index >= 15 is 0 Å². The Balaban J connectivity index is 1.92. The first-order valence-electron chi connectivity index (χ1n) is 7.40. The molecule has 0 aromatic heterocycles. The number of anilines is 1. The molecule has 2 atom stereocenters. The van der Waals surface area contributed by atoms with Gasteiger partial charge in [-0.2, -0.15) is 0 Å². The molecule has 0 radical (unpaired) electrons. The molecule has 1 N–H and O–H groups in total. The van der Waals surface area contributed by atoms with Gasteiger partial charge in [0.15, 0.2) is 0 Å². The first-order chi connectivity index (χ1) is 10.1. The number of nitrogens with zero attached hydrogens (tertiary/aromatic N) is 1. The van der Waals surface area contributed by atoms with Crippen LogP contribution in [0.15, 0.2) is 18.2 Å². The fourth-order valence-corrected chi connectivity index (χ4v) is 3.21. The monoisotopic (exact) mass is 289 g/mol. The number of carboxylic acids is 1. The second-order valence-electron chi connectivity index (χ2n) is 5.71. The zero-order valence-electron chi connectivity index (χ0n) is 12.0. The van der Waals surface area contributed by atoms with Crippen molar-refractivity contribution in [3.63, 3.8) is 0 Å². The SMILES string of the molecule is CC1CCC(C(=O)N2CCCc3c(C(=O)O)cccc32)O1. The van der Waals surface area contributed by atoms with Crippen molar-refractivity contribution in [3.8, 4) is 0 Å². The average molecular weight is 289 g/mol. The van der Waals surface area contributed by atoms with Crippen LogP contribution in [0.4, 0.5) is 5.69 Å². The number of carbonyl (C=O) groups is 2. The molecule has 2 heterocycles. The predicted octanol–water partition coefficient (Wildman–Crippen LogP) is 2.23. The molecule has 1 saturated heterocycles. The lowest BCUT2D eigenvalue weighted by Crippen LogP contribution is -2.42. The number of hydrogen-bond donors (Lipinski definition) is 1. The van der Waals surface area contributed by atoms with Crippen LogP contribution in [0.3, 0.4) is 0 Å². The van der Waals surface area contributed by atoms with E-state index in [0.717, 1.165) is 30.5 Å². The van der Waals surface area contributed by atoms with Crippen LogP contribution in [0.1, 0.15) is 42.1 Å². The third-order valence-corrected chi connectivity index (χ3v) is 4.25. The summed E-state index contributed by atoms with van der Waals surface area (Å²) < 4.78 is 5.66. The van der Waals surface area contributed by atoms with E-state index in [0.29, 0.717) is 18.5 Å². The highest BCUT2D eigenvalue weighted by Crippen LogP contribution is 2.32. The fourth-order valence-electron chi connectivity index (χ4n) is 3.21. The highest BCUT2D eigenvalue weighted by molar-refractivity contribution is 6.00. The van der Waals surface area contributed by atoms with E-state index in [1.54, 1.807) is 17.0 Å². The topological polar surface area (TPSA) is 66.8 Å². The van der Waals surface area contributed by atoms with Crippen molar-refractivity contribution in [3.05, 3.63) is 29.3 Å². The molecule has 5 nitrogen and oxygen atoms in total. The lowest BCUT2D eigenvalue weighted by Gasteiger charge is -2.32. The molecule has 0 saturated carbocycles. The molecule has 1 fully saturated rings. The van der Waals surface area contributed by atoms with Gasteiger partial charge in [-0.1, -0.05) is 6.07 Å². The zero-order valence-corrected chi connectivity index (χ0v) is 12.0. The summed E-state index contributed by atoms with van der Waals surface area (Å²) in [5.74, 6) is -0.977. The Bertz CT molecular complexity index is 584. The zero-order chi connectivity index (χ0) is 15.0. The molecule has 0 bridgehead atoms. The molecule has 5 heteroatoms. The minimum Gasteiger partial charge on any atom is -0.478 e. The number of ether oxygens (including phenoxy) is 1. The van der Waals surface area contributed by atoms with Crippen molar-refractivity contribution < 1.29 is 19.4 Å². The van der Waals surface area contributed by atoms with Gasteiger partial charge in [0.1, 0.15) is 6.10 Å². The summed E-state index contributed by atoms with van der Waals surface area (Å²) in [6, 6.07) is 5.13. The van der Waals surface area contributed by atoms with Crippen molar-refractivity contribution >= 4 is 17.6 Å². The van der Waals surface area contributed by atoms with Crippen LogP contribution in [-0.2, 0) is 16.0 Å². The third-order valence-electron chi connectivity index (χ3n) is 4.25. The number of benzene rings is 1. The molecule has 1 aromatic rings. The molecule has 2 unspecified atom stereocenters. The van der Waals surface area contributed by atoms with E-state index in [1.165, 1.54) is 0 Å². The van der Waals surface area contributed by atoms with Gasteiger partial charge in [0, 0.05) is 12.2 Å². The van der Waals surface area contributed by atoms with E-state index in [2.05, 4.69) is 0 Å². The number of rotatable bonds is 2. The number of carbonyl (C=O) groups excluding carboxylic acids is 1. The van der Waals surface area contributed by atoms with Crippen LogP contribution in [0, 0.1) is 0 Å². The molecule has 1 amide bonds. The molecule has 0 spiro atoms. The summed E-state index contributed by atoms with van der Waals surface area (Å²) in [5.41, 5.74) is 1.79. The van der Waals surface area contributed by atoms with E-state index in [9.17, 15) is 14.7 Å². The van der Waals surface area contributed by atoms with E-state index in [4.69, 9.17) is 4.74 Å². The lowest BCUT2D eigenvalue weighted by atomic mass is 9.95. The van der Waals surface area contributed by atoms with Gasteiger partial charge in [-0.25, -0.2) is 4.79 Å². The van der Waals surface area contributed by atoms with Crippen LogP contribution < -0.4 is 4.90 Å². The van der Waals surface area contributed by atoms with Crippen molar-refractivity contribution in [2.45, 2.75) is 44.8 Å². The second kappa shape index (κ2) is 5.48. The van der Waals surface area contributed by atoms with Gasteiger partial charge in [-0.15, -0.1) is 0 Å². The highest BCUT2D eigenvalue weighted by atomic mass is 16.5. The summed E-state index contributed by atoms with van der Waals surface area (Å²) in [5, 5.41) is 9.28. The summed E-state index contributed by atoms with van der Waals surface area (Å²) >= 11 is 0. The summed E-state index contributed by atoms with van der Waals surface area (Å²) in [7, 11) is 0. The molecule has 112 valence electrons. The molecular weight excluding hydrogens is 270 g/mol. The fraction of sp³-hybridized carbons (Fsp3) is 0.500.